The summed E-state index contributed by atoms with van der Waals surface area (Å²) >= 11 is 12.3. The van der Waals surface area contributed by atoms with Crippen molar-refractivity contribution in [2.75, 3.05) is 9.80 Å². The average Bonchev–Trinajstić information content (AvgIpc) is 3.02. The molecule has 4 nitrogen and oxygen atoms in total. The van der Waals surface area contributed by atoms with Crippen LogP contribution in [-0.4, -0.2) is 11.6 Å². The third-order valence-electron chi connectivity index (χ3n) is 6.03. The number of amides is 2. The van der Waals surface area contributed by atoms with E-state index in [9.17, 15) is 10.1 Å². The second-order valence-corrected chi connectivity index (χ2v) is 9.06. The molecule has 1 aliphatic heterocycles. The molecule has 0 unspecified atom stereocenters. The Bertz CT molecular complexity index is 1170. The lowest BCUT2D eigenvalue weighted by Crippen LogP contribution is -2.46. The number of carbonyl (C=O) groups excluding carboxylic acids is 1. The largest absolute Gasteiger partial charge is 0.330 e. The predicted octanol–water partition coefficient (Wildman–Crippen LogP) is 7.61. The molecule has 0 radical (unpaired) electrons. The molecule has 0 bridgehead atoms. The Kier molecular flexibility index (Phi) is 6.15. The summed E-state index contributed by atoms with van der Waals surface area (Å²) in [5.74, 6) is 0. The molecular formula is C26H23Cl2N3O. The van der Waals surface area contributed by atoms with Gasteiger partial charge in [-0.15, -0.1) is 0 Å². The van der Waals surface area contributed by atoms with Gasteiger partial charge in [-0.1, -0.05) is 48.7 Å². The monoisotopic (exact) mass is 463 g/mol. The Morgan fingerprint density at radius 2 is 1.56 bits per heavy atom. The molecule has 1 heterocycles. The number of hydrogen-bond donors (Lipinski definition) is 0. The zero-order valence-electron chi connectivity index (χ0n) is 17.9. The van der Waals surface area contributed by atoms with Crippen LogP contribution in [-0.2, 0) is 0 Å². The second kappa shape index (κ2) is 8.86. The van der Waals surface area contributed by atoms with Crippen molar-refractivity contribution in [2.24, 2.45) is 0 Å². The lowest BCUT2D eigenvalue weighted by Gasteiger charge is -2.39. The van der Waals surface area contributed by atoms with Crippen LogP contribution in [0.3, 0.4) is 0 Å². The van der Waals surface area contributed by atoms with Crippen LogP contribution < -0.4 is 9.80 Å². The Morgan fingerprint density at radius 1 is 0.969 bits per heavy atom. The van der Waals surface area contributed by atoms with Gasteiger partial charge in [-0.3, -0.25) is 9.80 Å². The summed E-state index contributed by atoms with van der Waals surface area (Å²) in [4.78, 5) is 17.7. The van der Waals surface area contributed by atoms with Gasteiger partial charge in [0.15, 0.2) is 0 Å². The minimum absolute atomic E-state index is 0.127. The molecule has 3 aromatic rings. The van der Waals surface area contributed by atoms with Crippen molar-refractivity contribution in [3.8, 4) is 6.07 Å². The molecule has 1 aliphatic rings. The predicted molar refractivity (Wildman–Crippen MR) is 130 cm³/mol. The summed E-state index contributed by atoms with van der Waals surface area (Å²) < 4.78 is 0. The summed E-state index contributed by atoms with van der Waals surface area (Å²) in [6, 6.07) is 23.9. The molecular weight excluding hydrogens is 441 g/mol. The standard InChI is InChI=1S/C26H23Cl2N3O/c1-3-15-26(2)24(19-6-4-5-18(16-19)17-29)30(22-11-7-20(27)8-12-22)25(32)31(26)23-13-9-21(28)10-14-23/h4-14,16,24H,3,15H2,1-2H3/t24-,26-/m1/s1. The normalized spacial score (nSPS) is 20.5. The lowest BCUT2D eigenvalue weighted by atomic mass is 9.82. The van der Waals surface area contributed by atoms with Gasteiger partial charge in [0.1, 0.15) is 0 Å². The van der Waals surface area contributed by atoms with Gasteiger partial charge >= 0.3 is 6.03 Å². The number of nitrogens with zero attached hydrogens (tertiary/aromatic N) is 3. The minimum Gasteiger partial charge on any atom is -0.286 e. The van der Waals surface area contributed by atoms with Gasteiger partial charge < -0.3 is 0 Å². The first-order valence-corrected chi connectivity index (χ1v) is 11.3. The van der Waals surface area contributed by atoms with Crippen molar-refractivity contribution < 1.29 is 4.79 Å². The van der Waals surface area contributed by atoms with E-state index in [0.717, 1.165) is 29.8 Å². The van der Waals surface area contributed by atoms with Gasteiger partial charge in [0, 0.05) is 21.4 Å². The third-order valence-corrected chi connectivity index (χ3v) is 6.54. The number of rotatable bonds is 5. The Labute approximate surface area is 198 Å². The first kappa shape index (κ1) is 22.2. The summed E-state index contributed by atoms with van der Waals surface area (Å²) in [5, 5.41) is 10.7. The topological polar surface area (TPSA) is 47.3 Å². The zero-order valence-corrected chi connectivity index (χ0v) is 19.4. The molecule has 4 rings (SSSR count). The van der Waals surface area contributed by atoms with Crippen molar-refractivity contribution in [3.63, 3.8) is 0 Å². The summed E-state index contributed by atoms with van der Waals surface area (Å²) in [7, 11) is 0. The number of urea groups is 1. The quantitative estimate of drug-likeness (QED) is 0.390. The van der Waals surface area contributed by atoms with E-state index in [1.807, 2.05) is 52.3 Å². The first-order valence-electron chi connectivity index (χ1n) is 10.5. The number of nitriles is 1. The van der Waals surface area contributed by atoms with Gasteiger partial charge in [-0.25, -0.2) is 4.79 Å². The maximum Gasteiger partial charge on any atom is 0.330 e. The number of benzene rings is 3. The van der Waals surface area contributed by atoms with Crippen LogP contribution in [0.2, 0.25) is 10.0 Å². The molecule has 2 atom stereocenters. The van der Waals surface area contributed by atoms with E-state index in [-0.39, 0.29) is 12.1 Å². The van der Waals surface area contributed by atoms with Crippen molar-refractivity contribution >= 4 is 40.6 Å². The second-order valence-electron chi connectivity index (χ2n) is 8.19. The average molecular weight is 464 g/mol. The molecule has 32 heavy (non-hydrogen) atoms. The Hall–Kier alpha value is -3.00. The molecule has 2 amide bonds. The number of hydrogen-bond acceptors (Lipinski definition) is 2. The molecule has 1 saturated heterocycles. The molecule has 1 fully saturated rings. The molecule has 0 spiro atoms. The van der Waals surface area contributed by atoms with Gasteiger partial charge in [-0.05, 0) is 79.6 Å². The van der Waals surface area contributed by atoms with Gasteiger partial charge in [-0.2, -0.15) is 5.26 Å². The smallest absolute Gasteiger partial charge is 0.286 e. The fraction of sp³-hybridized carbons (Fsp3) is 0.231. The van der Waals surface area contributed by atoms with Crippen LogP contribution in [0.4, 0.5) is 16.2 Å². The Balaban J connectivity index is 1.95. The summed E-state index contributed by atoms with van der Waals surface area (Å²) in [6.45, 7) is 4.23. The van der Waals surface area contributed by atoms with Crippen LogP contribution in [0.15, 0.2) is 72.8 Å². The summed E-state index contributed by atoms with van der Waals surface area (Å²) in [5.41, 5.74) is 2.46. The highest BCUT2D eigenvalue weighted by molar-refractivity contribution is 6.31. The van der Waals surface area contributed by atoms with Crippen LogP contribution >= 0.6 is 23.2 Å². The highest BCUT2D eigenvalue weighted by Gasteiger charge is 2.55. The zero-order chi connectivity index (χ0) is 22.9. The van der Waals surface area contributed by atoms with Crippen molar-refractivity contribution in [1.29, 1.82) is 5.26 Å². The number of halogens is 2. The Morgan fingerprint density at radius 3 is 2.12 bits per heavy atom. The van der Waals surface area contributed by atoms with Crippen molar-refractivity contribution in [1.82, 2.24) is 0 Å². The van der Waals surface area contributed by atoms with Gasteiger partial charge in [0.25, 0.3) is 0 Å². The van der Waals surface area contributed by atoms with E-state index in [2.05, 4.69) is 19.9 Å². The first-order chi connectivity index (χ1) is 15.4. The van der Waals surface area contributed by atoms with Crippen molar-refractivity contribution in [2.45, 2.75) is 38.3 Å². The SMILES string of the molecule is CCC[C@]1(C)[C@@H](c2cccc(C#N)c2)N(c2ccc(Cl)cc2)C(=O)N1c1ccc(Cl)cc1. The van der Waals surface area contributed by atoms with E-state index in [1.54, 1.807) is 30.3 Å². The molecule has 0 aromatic heterocycles. The van der Waals surface area contributed by atoms with E-state index >= 15 is 0 Å². The lowest BCUT2D eigenvalue weighted by molar-refractivity contribution is 0.253. The molecule has 3 aromatic carbocycles. The third kappa shape index (κ3) is 3.83. The molecule has 0 saturated carbocycles. The van der Waals surface area contributed by atoms with E-state index in [4.69, 9.17) is 23.2 Å². The minimum atomic E-state index is -0.562. The molecule has 6 heteroatoms. The fourth-order valence-corrected chi connectivity index (χ4v) is 4.99. The maximum absolute atomic E-state index is 14.0. The van der Waals surface area contributed by atoms with Crippen LogP contribution in [0, 0.1) is 11.3 Å². The van der Waals surface area contributed by atoms with Gasteiger partial charge in [0.05, 0.1) is 23.2 Å². The van der Waals surface area contributed by atoms with Crippen LogP contribution in [0.1, 0.15) is 43.9 Å². The summed E-state index contributed by atoms with van der Waals surface area (Å²) in [6.07, 6.45) is 1.66. The number of carbonyl (C=O) groups is 1. The number of anilines is 2. The van der Waals surface area contributed by atoms with Crippen LogP contribution in [0.5, 0.6) is 0 Å². The maximum atomic E-state index is 14.0. The van der Waals surface area contributed by atoms with Gasteiger partial charge in [0.2, 0.25) is 0 Å². The fourth-order valence-electron chi connectivity index (χ4n) is 4.73. The highest BCUT2D eigenvalue weighted by atomic mass is 35.5. The molecule has 0 N–H and O–H groups in total. The van der Waals surface area contributed by atoms with E-state index in [1.165, 1.54) is 0 Å². The van der Waals surface area contributed by atoms with Crippen LogP contribution in [0.25, 0.3) is 0 Å². The van der Waals surface area contributed by atoms with E-state index in [0.29, 0.717) is 15.6 Å². The van der Waals surface area contributed by atoms with Crippen molar-refractivity contribution in [3.05, 3.63) is 94.0 Å². The molecule has 162 valence electrons. The highest BCUT2D eigenvalue weighted by Crippen LogP contribution is 2.50. The molecule has 0 aliphatic carbocycles. The van der Waals surface area contributed by atoms with E-state index < -0.39 is 5.54 Å².